The third kappa shape index (κ3) is 12.9. The number of carbonyl (C=O) groups is 7. The summed E-state index contributed by atoms with van der Waals surface area (Å²) in [6.07, 6.45) is -13.0. The normalized spacial score (nSPS) is 31.7. The van der Waals surface area contributed by atoms with Crippen molar-refractivity contribution in [2.24, 2.45) is 11.7 Å². The minimum atomic E-state index is -2.13. The number of ether oxygens (including phenoxy) is 1. The molecule has 0 spiro atoms. The Morgan fingerprint density at radius 1 is 0.868 bits per heavy atom. The molecule has 14 atom stereocenters. The molecule has 0 saturated carbocycles. The van der Waals surface area contributed by atoms with Crippen molar-refractivity contribution in [1.29, 1.82) is 0 Å². The van der Waals surface area contributed by atoms with Gasteiger partial charge in [-0.05, 0) is 37.5 Å². The summed E-state index contributed by atoms with van der Waals surface area (Å²) in [5, 5.41) is 108. The van der Waals surface area contributed by atoms with Crippen LogP contribution in [-0.4, -0.2) is 221 Å². The van der Waals surface area contributed by atoms with Crippen molar-refractivity contribution in [3.05, 3.63) is 23.8 Å². The fourth-order valence-corrected chi connectivity index (χ4v) is 8.61. The first-order valence-corrected chi connectivity index (χ1v) is 22.1. The van der Waals surface area contributed by atoms with Crippen molar-refractivity contribution >= 4 is 53.9 Å². The number of aliphatic hydroxyl groups excluding tert-OH is 7. The van der Waals surface area contributed by atoms with Crippen LogP contribution >= 0.6 is 12.3 Å². The first kappa shape index (κ1) is 53.8. The number of carbonyl (C=O) groups excluding carboxylic acids is 7. The van der Waals surface area contributed by atoms with Gasteiger partial charge < -0.3 is 86.6 Å². The molecule has 0 radical (unpaired) electrons. The fraction of sp³-hybridized carbons (Fsp3) is 0.667. The number of aliphatic hydroxyl groups is 7. The zero-order chi connectivity index (χ0) is 50.1. The number of phenols is 1. The smallest absolute Gasteiger partial charge is 0.410 e. The van der Waals surface area contributed by atoms with Crippen molar-refractivity contribution in [3.63, 3.8) is 0 Å². The molecule has 68 heavy (non-hydrogen) atoms. The van der Waals surface area contributed by atoms with Crippen molar-refractivity contribution in [2.45, 2.75) is 118 Å². The predicted octanol–water partition coefficient (Wildman–Crippen LogP) is -6.56. The quantitative estimate of drug-likeness (QED) is 0.0378. The van der Waals surface area contributed by atoms with Crippen LogP contribution in [0.25, 0.3) is 0 Å². The SMILES string of the molecule is C[C@H](O)[C@@H]1NC(=O)[C@@H](N)C[C@H](O)CNC(=O)[C@@H]2[C@@H](O)[C@H](C)CN2C(=O)[C@H]([C@H](O)CCN2C(=O)OCC2CO)NC(=O)[C@H]([C@H](O)Cc2ccc(O)c(OSOOO)c2)NC(=O)[C@@H]2C[C@H](O)CN2C1=O. The summed E-state index contributed by atoms with van der Waals surface area (Å²) in [7, 11) is 0. The van der Waals surface area contributed by atoms with Crippen LogP contribution in [0.15, 0.2) is 18.2 Å². The van der Waals surface area contributed by atoms with Crippen LogP contribution in [0.5, 0.6) is 11.5 Å². The van der Waals surface area contributed by atoms with Crippen LogP contribution in [0, 0.1) is 5.92 Å². The van der Waals surface area contributed by atoms with Crippen molar-refractivity contribution in [2.75, 3.05) is 39.4 Å². The maximum absolute atomic E-state index is 14.7. The molecule has 1 unspecified atom stereocenters. The average molecular weight is 991 g/mol. The summed E-state index contributed by atoms with van der Waals surface area (Å²) in [6, 6.07) is -8.21. The van der Waals surface area contributed by atoms with Gasteiger partial charge >= 0.3 is 6.09 Å². The standard InChI is InChI=1S/C39H58N8O20S/c1-16-12-47-31(32(16)55)36(59)41-11-20(50)9-22(40)33(56)42-28(17(2)49)37(60)46-13-21(51)10-23(46)34(57)43-29(26(54)7-18-3-4-24(52)27(8-18)65-68-67-66-63)35(58)44-30(38(47)61)25(53)5-6-45-19(14-48)15-64-39(45)62/h3-4,8,16-17,19-23,25-26,28-32,48-55,63H,5-7,9-15,40H2,1-2H3,(H,41,59)(H,42,56)(H,43,57)(H,44,58)/t16-,17+,19?,20+,21+,22+,23+,25-,26-,28+,29+,30+,31+,32+/m1/s1. The van der Waals surface area contributed by atoms with E-state index in [0.29, 0.717) is 0 Å². The summed E-state index contributed by atoms with van der Waals surface area (Å²) >= 11 is 0.0703. The van der Waals surface area contributed by atoms with Crippen LogP contribution in [0.2, 0.25) is 0 Å². The van der Waals surface area contributed by atoms with Crippen LogP contribution in [0.4, 0.5) is 4.79 Å². The molecule has 0 aromatic heterocycles. The van der Waals surface area contributed by atoms with E-state index in [9.17, 15) is 74.4 Å². The Balaban J connectivity index is 1.58. The van der Waals surface area contributed by atoms with Gasteiger partial charge in [-0.3, -0.25) is 33.7 Å². The van der Waals surface area contributed by atoms with E-state index in [0.717, 1.165) is 33.8 Å². The van der Waals surface area contributed by atoms with Crippen LogP contribution in [-0.2, 0) is 49.3 Å². The van der Waals surface area contributed by atoms with E-state index in [2.05, 4.69) is 30.6 Å². The highest BCUT2D eigenvalue weighted by atomic mass is 32.2. The third-order valence-corrected chi connectivity index (χ3v) is 12.4. The van der Waals surface area contributed by atoms with E-state index in [1.165, 1.54) is 13.0 Å². The van der Waals surface area contributed by atoms with Gasteiger partial charge in [0, 0.05) is 44.9 Å². The molecule has 1 aromatic carbocycles. The van der Waals surface area contributed by atoms with Gasteiger partial charge in [-0.2, -0.15) is 0 Å². The lowest BCUT2D eigenvalue weighted by molar-refractivity contribution is -0.433. The molecule has 4 aliphatic heterocycles. The average Bonchev–Trinajstić information content (AvgIpc) is 3.97. The first-order valence-electron chi connectivity index (χ1n) is 21.5. The molecule has 4 aliphatic rings. The fourth-order valence-electron chi connectivity index (χ4n) is 8.35. The number of hydrogen-bond acceptors (Lipinski definition) is 22. The molecular formula is C39H58N8O20S. The van der Waals surface area contributed by atoms with E-state index < -0.39 is 178 Å². The van der Waals surface area contributed by atoms with Gasteiger partial charge in [0.2, 0.25) is 35.4 Å². The lowest BCUT2D eigenvalue weighted by atomic mass is 9.98. The van der Waals surface area contributed by atoms with Gasteiger partial charge in [-0.15, -0.1) is 0 Å². The number of phenolic OH excluding ortho intramolecular Hbond substituents is 1. The number of nitrogens with zero attached hydrogens (tertiary/aromatic N) is 3. The molecular weight excluding hydrogens is 933 g/mol. The zero-order valence-corrected chi connectivity index (χ0v) is 37.5. The Labute approximate surface area is 391 Å². The number of cyclic esters (lactones) is 1. The Bertz CT molecular complexity index is 1990. The van der Waals surface area contributed by atoms with Crippen LogP contribution in [0.1, 0.15) is 38.7 Å². The monoisotopic (exact) mass is 990 g/mol. The molecule has 7 amide bonds. The molecule has 29 heteroatoms. The number of benzene rings is 1. The van der Waals surface area contributed by atoms with E-state index in [1.807, 2.05) is 0 Å². The second-order valence-corrected chi connectivity index (χ2v) is 17.5. The third-order valence-electron chi connectivity index (χ3n) is 12.1. The van der Waals surface area contributed by atoms with Gasteiger partial charge in [-0.1, -0.05) is 22.4 Å². The lowest BCUT2D eigenvalue weighted by Crippen LogP contribution is -2.64. The predicted molar refractivity (Wildman–Crippen MR) is 226 cm³/mol. The van der Waals surface area contributed by atoms with E-state index >= 15 is 0 Å². The largest absolute Gasteiger partial charge is 0.504 e. The van der Waals surface area contributed by atoms with Gasteiger partial charge in [0.05, 0.1) is 55.3 Å². The second-order valence-electron chi connectivity index (χ2n) is 17.1. The maximum Gasteiger partial charge on any atom is 0.410 e. The summed E-state index contributed by atoms with van der Waals surface area (Å²) in [5.41, 5.74) is 6.16. The first-order chi connectivity index (χ1) is 32.2. The highest BCUT2D eigenvalue weighted by Gasteiger charge is 2.50. The summed E-state index contributed by atoms with van der Waals surface area (Å²) in [5.74, 6) is -8.44. The minimum absolute atomic E-state index is 0.0703. The highest BCUT2D eigenvalue weighted by molar-refractivity contribution is 7.90. The van der Waals surface area contributed by atoms with Gasteiger partial charge in [0.15, 0.2) is 11.5 Å². The van der Waals surface area contributed by atoms with Crippen molar-refractivity contribution < 1.29 is 98.0 Å². The van der Waals surface area contributed by atoms with Gasteiger partial charge in [0.25, 0.3) is 12.3 Å². The molecule has 28 nitrogen and oxygen atoms in total. The molecule has 4 saturated heterocycles. The van der Waals surface area contributed by atoms with Crippen molar-refractivity contribution in [1.82, 2.24) is 36.0 Å². The molecule has 4 fully saturated rings. The molecule has 15 N–H and O–H groups in total. The Morgan fingerprint density at radius 3 is 2.22 bits per heavy atom. The molecule has 380 valence electrons. The highest BCUT2D eigenvalue weighted by Crippen LogP contribution is 2.31. The minimum Gasteiger partial charge on any atom is -0.504 e. The van der Waals surface area contributed by atoms with Gasteiger partial charge in [0.1, 0.15) is 36.8 Å². The van der Waals surface area contributed by atoms with Crippen molar-refractivity contribution in [3.8, 4) is 11.5 Å². The Morgan fingerprint density at radius 2 is 1.54 bits per heavy atom. The molecule has 0 bridgehead atoms. The molecule has 0 aliphatic carbocycles. The summed E-state index contributed by atoms with van der Waals surface area (Å²) in [4.78, 5) is 99.9. The van der Waals surface area contributed by atoms with Crippen LogP contribution < -0.4 is 31.2 Å². The number of nitrogens with two attached hydrogens (primary N) is 1. The molecule has 5 rings (SSSR count). The Kier molecular flexibility index (Phi) is 18.9. The van der Waals surface area contributed by atoms with E-state index in [4.69, 9.17) is 19.9 Å². The number of β-amino-alcohol motifs (C(OH)–C–C–N with tert-alkyl or cyclic N) is 1. The number of amides is 7. The lowest BCUT2D eigenvalue weighted by Gasteiger charge is -2.34. The summed E-state index contributed by atoms with van der Waals surface area (Å²) < 4.78 is 14.2. The summed E-state index contributed by atoms with van der Waals surface area (Å²) in [6.45, 7) is 0.103. The number of hydrogen-bond donors (Lipinski definition) is 14. The number of aromatic hydroxyl groups is 1. The maximum atomic E-state index is 14.7. The topological polar surface area (TPSA) is 422 Å². The molecule has 4 heterocycles. The number of rotatable bonds is 13. The second kappa shape index (κ2) is 23.9. The van der Waals surface area contributed by atoms with Crippen LogP contribution in [0.3, 0.4) is 0 Å². The number of fused-ring (bicyclic) bond motifs is 2. The molecule has 1 aromatic rings. The van der Waals surface area contributed by atoms with Gasteiger partial charge in [-0.25, -0.2) is 10.1 Å². The van der Waals surface area contributed by atoms with E-state index in [1.54, 1.807) is 0 Å². The number of nitrogens with one attached hydrogen (secondary N) is 4. The Hall–Kier alpha value is -5.18. The zero-order valence-electron chi connectivity index (χ0n) is 36.7. The van der Waals surface area contributed by atoms with E-state index in [-0.39, 0.29) is 43.3 Å².